The number of anilines is 1. The fraction of sp³-hybridized carbons (Fsp3) is 0.684. The maximum Gasteiger partial charge on any atom is 0.128 e. The molecule has 1 heterocycles. The number of hydrogen-bond acceptors (Lipinski definition) is 2. The van der Waals surface area contributed by atoms with Crippen molar-refractivity contribution in [1.82, 2.24) is 4.90 Å². The van der Waals surface area contributed by atoms with Gasteiger partial charge in [-0.05, 0) is 51.9 Å². The van der Waals surface area contributed by atoms with Crippen LogP contribution in [-0.4, -0.2) is 37.1 Å². The zero-order chi connectivity index (χ0) is 17.4. The van der Waals surface area contributed by atoms with E-state index in [1.54, 1.807) is 6.07 Å². The summed E-state index contributed by atoms with van der Waals surface area (Å²) in [5.41, 5.74) is 2.94. The van der Waals surface area contributed by atoms with E-state index in [0.717, 1.165) is 29.9 Å². The second-order valence-electron chi connectivity index (χ2n) is 5.66. The first kappa shape index (κ1) is 20.9. The van der Waals surface area contributed by atoms with E-state index in [0.29, 0.717) is 12.1 Å². The van der Waals surface area contributed by atoms with Crippen LogP contribution in [0.5, 0.6) is 0 Å². The van der Waals surface area contributed by atoms with Gasteiger partial charge < -0.3 is 4.90 Å². The largest absolute Gasteiger partial charge is 0.368 e. The fourth-order valence-corrected chi connectivity index (χ4v) is 2.76. The lowest BCUT2D eigenvalue weighted by Gasteiger charge is -2.44. The van der Waals surface area contributed by atoms with Gasteiger partial charge in [-0.3, -0.25) is 4.90 Å². The number of halogens is 1. The average molecular weight is 311 g/mol. The van der Waals surface area contributed by atoms with E-state index in [4.69, 9.17) is 0 Å². The first-order valence-corrected chi connectivity index (χ1v) is 8.63. The van der Waals surface area contributed by atoms with E-state index < -0.39 is 0 Å². The number of piperazine rings is 1. The van der Waals surface area contributed by atoms with Crippen LogP contribution in [0, 0.1) is 19.7 Å². The summed E-state index contributed by atoms with van der Waals surface area (Å²) in [6.07, 6.45) is 0. The molecule has 0 aliphatic carbocycles. The zero-order valence-corrected chi connectivity index (χ0v) is 16.0. The van der Waals surface area contributed by atoms with Crippen molar-refractivity contribution in [2.24, 2.45) is 0 Å². The second-order valence-corrected chi connectivity index (χ2v) is 5.66. The molecule has 128 valence electrons. The van der Waals surface area contributed by atoms with E-state index >= 15 is 0 Å². The molecule has 2 nitrogen and oxygen atoms in total. The maximum atomic E-state index is 13.7. The lowest BCUT2D eigenvalue weighted by atomic mass is 10.0. The van der Waals surface area contributed by atoms with Crippen molar-refractivity contribution in [3.8, 4) is 0 Å². The minimum Gasteiger partial charge on any atom is -0.368 e. The van der Waals surface area contributed by atoms with Crippen LogP contribution in [0.25, 0.3) is 0 Å². The number of aryl methyl sites for hydroxylation is 2. The maximum absolute atomic E-state index is 13.7. The summed E-state index contributed by atoms with van der Waals surface area (Å²) in [5.74, 6) is -0.102. The van der Waals surface area contributed by atoms with E-state index in [9.17, 15) is 4.39 Å². The van der Waals surface area contributed by atoms with Gasteiger partial charge in [0, 0.05) is 30.9 Å². The van der Waals surface area contributed by atoms with Gasteiger partial charge in [0.2, 0.25) is 0 Å². The molecule has 1 aromatic carbocycles. The normalized spacial score (nSPS) is 21.5. The minimum atomic E-state index is -0.102. The Morgan fingerprint density at radius 2 is 1.36 bits per heavy atom. The van der Waals surface area contributed by atoms with Crippen LogP contribution < -0.4 is 4.90 Å². The molecule has 3 heteroatoms. The quantitative estimate of drug-likeness (QED) is 0.718. The Morgan fingerprint density at radius 1 is 0.909 bits per heavy atom. The van der Waals surface area contributed by atoms with Gasteiger partial charge in [0.05, 0.1) is 0 Å². The fourth-order valence-electron chi connectivity index (χ4n) is 2.76. The van der Waals surface area contributed by atoms with Gasteiger partial charge in [0.15, 0.2) is 0 Å². The molecule has 22 heavy (non-hydrogen) atoms. The van der Waals surface area contributed by atoms with E-state index in [1.807, 2.05) is 40.7 Å². The molecule has 1 fully saturated rings. The second kappa shape index (κ2) is 9.83. The van der Waals surface area contributed by atoms with Crippen molar-refractivity contribution < 1.29 is 4.39 Å². The van der Waals surface area contributed by atoms with Crippen LogP contribution >= 0.6 is 0 Å². The van der Waals surface area contributed by atoms with Crippen LogP contribution in [0.4, 0.5) is 10.1 Å². The number of nitrogens with zero attached hydrogens (tertiary/aromatic N) is 2. The average Bonchev–Trinajstić information content (AvgIpc) is 2.52. The number of likely N-dealkylation sites (N-methyl/N-ethyl adjacent to an activating group) is 1. The first-order valence-electron chi connectivity index (χ1n) is 8.63. The molecule has 1 aliphatic heterocycles. The van der Waals surface area contributed by atoms with Gasteiger partial charge in [-0.2, -0.15) is 0 Å². The van der Waals surface area contributed by atoms with Crippen molar-refractivity contribution in [3.05, 3.63) is 29.1 Å². The molecule has 0 N–H and O–H groups in total. The van der Waals surface area contributed by atoms with Crippen molar-refractivity contribution in [2.75, 3.05) is 25.0 Å². The number of hydrogen-bond donors (Lipinski definition) is 0. The Balaban J connectivity index is 0.00000102. The third kappa shape index (κ3) is 4.98. The lowest BCUT2D eigenvalue weighted by Crippen LogP contribution is -2.55. The van der Waals surface area contributed by atoms with Crippen molar-refractivity contribution in [2.45, 2.75) is 67.5 Å². The molecule has 1 aromatic rings. The van der Waals surface area contributed by atoms with Crippen LogP contribution in [0.1, 0.15) is 52.7 Å². The van der Waals surface area contributed by atoms with Crippen molar-refractivity contribution >= 4 is 5.69 Å². The smallest absolute Gasteiger partial charge is 0.128 e. The Morgan fingerprint density at radius 3 is 1.82 bits per heavy atom. The monoisotopic (exact) mass is 310 g/mol. The van der Waals surface area contributed by atoms with E-state index in [-0.39, 0.29) is 5.82 Å². The van der Waals surface area contributed by atoms with E-state index in [1.165, 1.54) is 0 Å². The SMILES string of the molecule is CC.CC.Cc1cc(C)c(N2CC(C)N(C)C(C)C2)cc1F. The lowest BCUT2D eigenvalue weighted by molar-refractivity contribution is 0.170. The summed E-state index contributed by atoms with van der Waals surface area (Å²) < 4.78 is 13.7. The molecular formula is C19H35FN2. The summed E-state index contributed by atoms with van der Waals surface area (Å²) >= 11 is 0. The highest BCUT2D eigenvalue weighted by Crippen LogP contribution is 2.27. The Bertz CT molecular complexity index is 433. The number of rotatable bonds is 1. The highest BCUT2D eigenvalue weighted by molar-refractivity contribution is 5.55. The Labute approximate surface area is 137 Å². The molecule has 0 radical (unpaired) electrons. The molecule has 2 rings (SSSR count). The van der Waals surface area contributed by atoms with Gasteiger partial charge in [-0.1, -0.05) is 33.8 Å². The zero-order valence-electron chi connectivity index (χ0n) is 16.0. The Kier molecular flexibility index (Phi) is 9.34. The topological polar surface area (TPSA) is 6.48 Å². The molecular weight excluding hydrogens is 275 g/mol. The van der Waals surface area contributed by atoms with Crippen LogP contribution in [0.15, 0.2) is 12.1 Å². The van der Waals surface area contributed by atoms with Gasteiger partial charge >= 0.3 is 0 Å². The van der Waals surface area contributed by atoms with Crippen LogP contribution in [0.2, 0.25) is 0 Å². The highest BCUT2D eigenvalue weighted by atomic mass is 19.1. The van der Waals surface area contributed by atoms with Crippen LogP contribution in [-0.2, 0) is 0 Å². The third-order valence-corrected chi connectivity index (χ3v) is 4.18. The molecule has 0 spiro atoms. The molecule has 2 atom stereocenters. The predicted octanol–water partition coefficient (Wildman–Crippen LogP) is 5.02. The first-order chi connectivity index (χ1) is 10.4. The van der Waals surface area contributed by atoms with Crippen molar-refractivity contribution in [3.63, 3.8) is 0 Å². The highest BCUT2D eigenvalue weighted by Gasteiger charge is 2.27. The van der Waals surface area contributed by atoms with Gasteiger partial charge in [0.25, 0.3) is 0 Å². The summed E-state index contributed by atoms with van der Waals surface area (Å²) in [6, 6.07) is 4.63. The van der Waals surface area contributed by atoms with Gasteiger partial charge in [-0.15, -0.1) is 0 Å². The molecule has 0 bridgehead atoms. The summed E-state index contributed by atoms with van der Waals surface area (Å²) in [4.78, 5) is 4.70. The molecule has 0 aromatic heterocycles. The van der Waals surface area contributed by atoms with Gasteiger partial charge in [0.1, 0.15) is 5.82 Å². The van der Waals surface area contributed by atoms with Gasteiger partial charge in [-0.25, -0.2) is 4.39 Å². The predicted molar refractivity (Wildman–Crippen MR) is 97.5 cm³/mol. The summed E-state index contributed by atoms with van der Waals surface area (Å²) in [5, 5.41) is 0. The minimum absolute atomic E-state index is 0.102. The Hall–Kier alpha value is -1.09. The molecule has 0 saturated carbocycles. The third-order valence-electron chi connectivity index (χ3n) is 4.18. The number of benzene rings is 1. The molecule has 1 saturated heterocycles. The van der Waals surface area contributed by atoms with Crippen LogP contribution in [0.3, 0.4) is 0 Å². The molecule has 1 aliphatic rings. The van der Waals surface area contributed by atoms with Crippen molar-refractivity contribution in [1.29, 1.82) is 0 Å². The molecule has 0 amide bonds. The summed E-state index contributed by atoms with van der Waals surface area (Å²) in [7, 11) is 2.16. The van der Waals surface area contributed by atoms with E-state index in [2.05, 4.69) is 37.6 Å². The molecule has 2 unspecified atom stereocenters. The summed E-state index contributed by atoms with van der Waals surface area (Å²) in [6.45, 7) is 18.3. The standard InChI is InChI=1S/C15H23FN2.2C2H6/c1-10-6-11(2)15(7-14(10)16)18-8-12(3)17(5)13(4)9-18;2*1-2/h6-7,12-13H,8-9H2,1-5H3;2*1-2H3.